The molecule has 0 aromatic carbocycles. The van der Waals surface area contributed by atoms with Gasteiger partial charge in [0.2, 0.25) is 12.2 Å². The molecule has 0 aliphatic carbocycles. The molecule has 1 aromatic heterocycles. The van der Waals surface area contributed by atoms with Crippen LogP contribution in [0.5, 0.6) is 5.75 Å². The number of carbonyl (C=O) groups excluding carboxylic acids is 2. The first-order valence-corrected chi connectivity index (χ1v) is 8.81. The molecule has 2 amide bonds. The smallest absolute Gasteiger partial charge is 0.318 e. The molecule has 0 radical (unpaired) electrons. The second-order valence-electron chi connectivity index (χ2n) is 5.67. The van der Waals surface area contributed by atoms with Crippen LogP contribution in [0.15, 0.2) is 44.4 Å². The molecular formula is C16H18BrN6O3+. The molecule has 0 fully saturated rings. The molecule has 3 rings (SSSR count). The maximum Gasteiger partial charge on any atom is 0.318 e. The Hall–Kier alpha value is -2.59. The van der Waals surface area contributed by atoms with E-state index < -0.39 is 0 Å². The number of amides is 2. The van der Waals surface area contributed by atoms with Crippen LogP contribution in [0.2, 0.25) is 0 Å². The molecule has 2 aliphatic heterocycles. The van der Waals surface area contributed by atoms with Crippen LogP contribution < -0.4 is 15.1 Å². The number of fused-ring (bicyclic) bond motifs is 1. The summed E-state index contributed by atoms with van der Waals surface area (Å²) in [6, 6.07) is 1.82. The van der Waals surface area contributed by atoms with Crippen molar-refractivity contribution < 1.29 is 19.3 Å². The Morgan fingerprint density at radius 1 is 1.42 bits per heavy atom. The molecule has 9 nitrogen and oxygen atoms in total. The highest BCUT2D eigenvalue weighted by molar-refractivity contribution is 9.10. The number of quaternary nitrogens is 1. The van der Waals surface area contributed by atoms with E-state index in [1.807, 2.05) is 6.07 Å². The minimum atomic E-state index is -0.259. The van der Waals surface area contributed by atoms with Crippen molar-refractivity contribution in [1.29, 1.82) is 0 Å². The molecule has 3 heterocycles. The van der Waals surface area contributed by atoms with Crippen LogP contribution in [0.1, 0.15) is 13.3 Å². The highest BCUT2D eigenvalue weighted by Gasteiger charge is 2.37. The van der Waals surface area contributed by atoms with Gasteiger partial charge in [-0.2, -0.15) is 4.99 Å². The van der Waals surface area contributed by atoms with Gasteiger partial charge >= 0.3 is 5.91 Å². The Labute approximate surface area is 158 Å². The third-order valence-corrected chi connectivity index (χ3v) is 4.15. The lowest BCUT2D eigenvalue weighted by Crippen LogP contribution is -3.06. The van der Waals surface area contributed by atoms with Crippen LogP contribution in [0.25, 0.3) is 0 Å². The Morgan fingerprint density at radius 2 is 2.27 bits per heavy atom. The molecule has 2 N–H and O–H groups in total. The first kappa shape index (κ1) is 18.2. The van der Waals surface area contributed by atoms with Gasteiger partial charge in [0.15, 0.2) is 6.34 Å². The van der Waals surface area contributed by atoms with Crippen molar-refractivity contribution in [1.82, 2.24) is 15.2 Å². The zero-order chi connectivity index (χ0) is 18.5. The highest BCUT2D eigenvalue weighted by atomic mass is 79.9. The first-order chi connectivity index (χ1) is 12.5. The molecule has 0 bridgehead atoms. The second kappa shape index (κ2) is 8.19. The van der Waals surface area contributed by atoms with E-state index in [0.29, 0.717) is 41.7 Å². The molecular weight excluding hydrogens is 404 g/mol. The number of ether oxygens (including phenoxy) is 1. The Bertz CT molecular complexity index is 807. The molecule has 0 spiro atoms. The van der Waals surface area contributed by atoms with E-state index in [2.05, 4.69) is 36.3 Å². The number of allylic oxidation sites excluding steroid dienone is 1. The molecule has 2 aliphatic rings. The van der Waals surface area contributed by atoms with E-state index in [4.69, 9.17) is 4.74 Å². The minimum absolute atomic E-state index is 0.0806. The fourth-order valence-corrected chi connectivity index (χ4v) is 2.79. The normalized spacial score (nSPS) is 18.3. The lowest BCUT2D eigenvalue weighted by atomic mass is 10.3. The number of pyridine rings is 1. The molecule has 10 heteroatoms. The molecule has 1 aromatic rings. The van der Waals surface area contributed by atoms with Crippen molar-refractivity contribution in [2.24, 2.45) is 10.1 Å². The number of aliphatic imine (C=N–C) groups is 1. The standard InChI is InChI=1S/C16H17BrN6O3/c1-11-15-16(25)22(10-21-23(15)9-20-11)8-14(24)19-3-2-4-26-13-5-12(17)6-18-7-13/h5-7,9-10H,2-4,8H2,1H3,(H,19,24)/p+1. The van der Waals surface area contributed by atoms with Gasteiger partial charge < -0.3 is 10.1 Å². The highest BCUT2D eigenvalue weighted by Crippen LogP contribution is 2.15. The van der Waals surface area contributed by atoms with Gasteiger partial charge in [0, 0.05) is 17.2 Å². The van der Waals surface area contributed by atoms with Crippen LogP contribution in [0.3, 0.4) is 0 Å². The summed E-state index contributed by atoms with van der Waals surface area (Å²) in [6.45, 7) is 2.56. The fourth-order valence-electron chi connectivity index (χ4n) is 2.45. The Balaban J connectivity index is 1.39. The lowest BCUT2D eigenvalue weighted by Gasteiger charge is -2.21. The van der Waals surface area contributed by atoms with Crippen LogP contribution in [0.4, 0.5) is 0 Å². The van der Waals surface area contributed by atoms with Crippen LogP contribution in [0, 0.1) is 0 Å². The van der Waals surface area contributed by atoms with Crippen molar-refractivity contribution in [2.45, 2.75) is 13.3 Å². The number of aromatic nitrogens is 1. The van der Waals surface area contributed by atoms with Crippen LogP contribution in [-0.2, 0) is 9.59 Å². The maximum atomic E-state index is 12.4. The van der Waals surface area contributed by atoms with Gasteiger partial charge in [0.25, 0.3) is 5.70 Å². The zero-order valence-electron chi connectivity index (χ0n) is 14.1. The maximum absolute atomic E-state index is 12.4. The molecule has 0 saturated carbocycles. The summed E-state index contributed by atoms with van der Waals surface area (Å²) in [4.78, 5) is 33.8. The second-order valence-corrected chi connectivity index (χ2v) is 6.59. The summed E-state index contributed by atoms with van der Waals surface area (Å²) >= 11 is 3.32. The van der Waals surface area contributed by atoms with E-state index in [1.54, 1.807) is 25.7 Å². The SMILES string of the molecule is CC1=C2C(=O)N(CC(=O)NCCCOc3cncc(Br)c3)C=N[NH+]2C=N1. The largest absolute Gasteiger partial charge is 0.492 e. The van der Waals surface area contributed by atoms with Crippen molar-refractivity contribution in [3.63, 3.8) is 0 Å². The van der Waals surface area contributed by atoms with E-state index >= 15 is 0 Å². The van der Waals surface area contributed by atoms with E-state index in [1.165, 1.54) is 11.2 Å². The summed E-state index contributed by atoms with van der Waals surface area (Å²) in [5.41, 5.74) is 1.07. The number of hydrogen-bond donors (Lipinski definition) is 2. The average molecular weight is 422 g/mol. The van der Waals surface area contributed by atoms with Crippen molar-refractivity contribution in [2.75, 3.05) is 19.7 Å². The van der Waals surface area contributed by atoms with Crippen molar-refractivity contribution >= 4 is 40.4 Å². The predicted octanol–water partition coefficient (Wildman–Crippen LogP) is -0.327. The van der Waals surface area contributed by atoms with Crippen molar-refractivity contribution in [3.05, 3.63) is 34.3 Å². The molecule has 26 heavy (non-hydrogen) atoms. The number of carbonyl (C=O) groups is 2. The number of nitrogens with zero attached hydrogens (tertiary/aromatic N) is 4. The van der Waals surface area contributed by atoms with E-state index in [9.17, 15) is 9.59 Å². The van der Waals surface area contributed by atoms with Gasteiger partial charge in [0.05, 0.1) is 12.8 Å². The topological polar surface area (TPSA) is 101 Å². The monoisotopic (exact) mass is 421 g/mol. The van der Waals surface area contributed by atoms with Crippen LogP contribution in [-0.4, -0.2) is 54.1 Å². The van der Waals surface area contributed by atoms with Gasteiger partial charge in [-0.3, -0.25) is 19.5 Å². The zero-order valence-corrected chi connectivity index (χ0v) is 15.7. The summed E-state index contributed by atoms with van der Waals surface area (Å²) in [5, 5.41) is 7.47. The summed E-state index contributed by atoms with van der Waals surface area (Å²) < 4.78 is 6.38. The van der Waals surface area contributed by atoms with E-state index in [-0.39, 0.29) is 18.4 Å². The summed E-state index contributed by atoms with van der Waals surface area (Å²) in [6.07, 6.45) is 6.86. The van der Waals surface area contributed by atoms with Gasteiger partial charge in [-0.05, 0) is 35.3 Å². The molecule has 0 saturated heterocycles. The Kier molecular flexibility index (Phi) is 5.74. The number of halogens is 1. The van der Waals surface area contributed by atoms with Gasteiger partial charge in [-0.15, -0.1) is 5.01 Å². The van der Waals surface area contributed by atoms with Crippen LogP contribution >= 0.6 is 15.9 Å². The van der Waals surface area contributed by atoms with Gasteiger partial charge in [-0.1, -0.05) is 5.10 Å². The molecule has 1 atom stereocenters. The van der Waals surface area contributed by atoms with Crippen molar-refractivity contribution in [3.8, 4) is 5.75 Å². The van der Waals surface area contributed by atoms with Gasteiger partial charge in [0.1, 0.15) is 18.0 Å². The molecule has 136 valence electrons. The third kappa shape index (κ3) is 4.33. The molecule has 1 unspecified atom stereocenters. The average Bonchev–Trinajstić information content (AvgIpc) is 2.99. The fraction of sp³-hybridized carbons (Fsp3) is 0.312. The lowest BCUT2D eigenvalue weighted by molar-refractivity contribution is -0.756. The van der Waals surface area contributed by atoms with E-state index in [0.717, 1.165) is 4.47 Å². The summed E-state index contributed by atoms with van der Waals surface area (Å²) in [7, 11) is 0. The predicted molar refractivity (Wildman–Crippen MR) is 97.4 cm³/mol. The van der Waals surface area contributed by atoms with Gasteiger partial charge in [-0.25, -0.2) is 0 Å². The quantitative estimate of drug-likeness (QED) is 0.588. The number of nitrogens with one attached hydrogen (secondary N) is 2. The third-order valence-electron chi connectivity index (χ3n) is 3.72. The minimum Gasteiger partial charge on any atom is -0.492 e. The number of rotatable bonds is 7. The Morgan fingerprint density at radius 3 is 3.08 bits per heavy atom. The first-order valence-electron chi connectivity index (χ1n) is 8.02. The number of hydrogen-bond acceptors (Lipinski definition) is 6. The summed E-state index contributed by atoms with van der Waals surface area (Å²) in [5.74, 6) is 0.149.